The number of rotatable bonds is 3. The molecule has 1 nitrogen and oxygen atoms in total. The summed E-state index contributed by atoms with van der Waals surface area (Å²) in [5.74, 6) is 0.847. The monoisotopic (exact) mass is 272 g/mol. The molecule has 0 N–H and O–H groups in total. The van der Waals surface area contributed by atoms with Crippen LogP contribution in [0.1, 0.15) is 15.8 Å². The van der Waals surface area contributed by atoms with Crippen molar-refractivity contribution in [3.63, 3.8) is 0 Å². The van der Waals surface area contributed by atoms with Gasteiger partial charge in [0.05, 0.1) is 12.5 Å². The zero-order valence-electron chi connectivity index (χ0n) is 8.61. The molecule has 1 aromatic carbocycles. The summed E-state index contributed by atoms with van der Waals surface area (Å²) in [6.07, 6.45) is 0. The van der Waals surface area contributed by atoms with Crippen molar-refractivity contribution in [2.45, 2.75) is 5.38 Å². The van der Waals surface area contributed by atoms with E-state index >= 15 is 0 Å². The fraction of sp³-hybridized carbons (Fsp3) is 0.167. The fourth-order valence-electron chi connectivity index (χ4n) is 1.37. The average molecular weight is 273 g/mol. The second-order valence-corrected chi connectivity index (χ2v) is 5.12. The highest BCUT2D eigenvalue weighted by Gasteiger charge is 2.13. The van der Waals surface area contributed by atoms with Crippen LogP contribution < -0.4 is 4.74 Å². The minimum Gasteiger partial charge on any atom is -0.496 e. The smallest absolute Gasteiger partial charge is 0.129 e. The lowest BCUT2D eigenvalue weighted by atomic mass is 10.1. The van der Waals surface area contributed by atoms with Crippen LogP contribution in [0.5, 0.6) is 5.75 Å². The molecule has 1 aromatic heterocycles. The van der Waals surface area contributed by atoms with Gasteiger partial charge in [-0.2, -0.15) is 0 Å². The number of hydrogen-bond donors (Lipinski definition) is 0. The Kier molecular flexibility index (Phi) is 3.74. The lowest BCUT2D eigenvalue weighted by molar-refractivity contribution is 0.416. The van der Waals surface area contributed by atoms with E-state index in [1.165, 1.54) is 0 Å². The summed E-state index contributed by atoms with van der Waals surface area (Å²) in [6, 6.07) is 9.52. The fourth-order valence-corrected chi connectivity index (χ4v) is 2.72. The molecule has 0 spiro atoms. The molecule has 84 valence electrons. The first-order chi connectivity index (χ1) is 7.70. The highest BCUT2D eigenvalue weighted by Crippen LogP contribution is 2.35. The third-order valence-corrected chi connectivity index (χ3v) is 4.09. The summed E-state index contributed by atoms with van der Waals surface area (Å²) < 4.78 is 5.13. The molecule has 1 heterocycles. The van der Waals surface area contributed by atoms with Gasteiger partial charge in [0.15, 0.2) is 0 Å². The molecule has 2 rings (SSSR count). The molecule has 0 saturated heterocycles. The average Bonchev–Trinajstić information content (AvgIpc) is 2.77. The molecule has 4 heteroatoms. The molecule has 0 fully saturated rings. The lowest BCUT2D eigenvalue weighted by Crippen LogP contribution is -1.89. The summed E-state index contributed by atoms with van der Waals surface area (Å²) in [5, 5.41) is 2.52. The predicted molar refractivity (Wildman–Crippen MR) is 70.0 cm³/mol. The Morgan fingerprint density at radius 3 is 2.50 bits per heavy atom. The SMILES string of the molecule is COc1csc(C(Cl)c2ccc(Cl)cc2)c1. The summed E-state index contributed by atoms with van der Waals surface area (Å²) in [7, 11) is 1.65. The van der Waals surface area contributed by atoms with Gasteiger partial charge in [-0.25, -0.2) is 0 Å². The normalized spacial score (nSPS) is 12.4. The lowest BCUT2D eigenvalue weighted by Gasteiger charge is -2.07. The molecule has 16 heavy (non-hydrogen) atoms. The highest BCUT2D eigenvalue weighted by molar-refractivity contribution is 7.10. The predicted octanol–water partition coefficient (Wildman–Crippen LogP) is 4.74. The Balaban J connectivity index is 2.24. The van der Waals surface area contributed by atoms with Gasteiger partial charge in [0, 0.05) is 15.3 Å². The largest absolute Gasteiger partial charge is 0.496 e. The zero-order chi connectivity index (χ0) is 11.5. The molecule has 2 aromatic rings. The van der Waals surface area contributed by atoms with Gasteiger partial charge in [0.25, 0.3) is 0 Å². The molecule has 0 aliphatic heterocycles. The number of benzene rings is 1. The Hall–Kier alpha value is -0.700. The Morgan fingerprint density at radius 1 is 1.25 bits per heavy atom. The summed E-state index contributed by atoms with van der Waals surface area (Å²) in [6.45, 7) is 0. The van der Waals surface area contributed by atoms with Crippen LogP contribution in [0, 0.1) is 0 Å². The number of hydrogen-bond acceptors (Lipinski definition) is 2. The van der Waals surface area contributed by atoms with Gasteiger partial charge in [-0.15, -0.1) is 22.9 Å². The topological polar surface area (TPSA) is 9.23 Å². The van der Waals surface area contributed by atoms with Crippen LogP contribution in [0.15, 0.2) is 35.7 Å². The van der Waals surface area contributed by atoms with Gasteiger partial charge >= 0.3 is 0 Å². The van der Waals surface area contributed by atoms with E-state index in [1.54, 1.807) is 18.4 Å². The molecular weight excluding hydrogens is 263 g/mol. The van der Waals surface area contributed by atoms with Crippen LogP contribution in [0.25, 0.3) is 0 Å². The van der Waals surface area contributed by atoms with Crippen LogP contribution in [0.4, 0.5) is 0 Å². The van der Waals surface area contributed by atoms with Gasteiger partial charge in [-0.3, -0.25) is 0 Å². The van der Waals surface area contributed by atoms with Gasteiger partial charge in [0.1, 0.15) is 5.75 Å². The van der Waals surface area contributed by atoms with Gasteiger partial charge in [-0.05, 0) is 23.8 Å². The van der Waals surface area contributed by atoms with Crippen LogP contribution >= 0.6 is 34.5 Å². The van der Waals surface area contributed by atoms with Crippen molar-refractivity contribution in [2.75, 3.05) is 7.11 Å². The summed E-state index contributed by atoms with van der Waals surface area (Å²) in [5.41, 5.74) is 1.04. The van der Waals surface area contributed by atoms with Gasteiger partial charge in [-0.1, -0.05) is 23.7 Å². The van der Waals surface area contributed by atoms with Crippen molar-refractivity contribution in [2.24, 2.45) is 0 Å². The number of ether oxygens (including phenoxy) is 1. The Morgan fingerprint density at radius 2 is 1.94 bits per heavy atom. The standard InChI is InChI=1S/C12H10Cl2OS/c1-15-10-6-11(16-7-10)12(14)8-2-4-9(13)5-3-8/h2-7,12H,1H3. The molecule has 0 aliphatic rings. The second-order valence-electron chi connectivity index (χ2n) is 3.30. The van der Waals surface area contributed by atoms with Crippen molar-refractivity contribution >= 4 is 34.5 Å². The maximum atomic E-state index is 6.37. The van der Waals surface area contributed by atoms with Gasteiger partial charge in [0.2, 0.25) is 0 Å². The molecule has 0 saturated carbocycles. The number of thiophene rings is 1. The van der Waals surface area contributed by atoms with Crippen LogP contribution in [0.3, 0.4) is 0 Å². The molecule has 0 aliphatic carbocycles. The first-order valence-electron chi connectivity index (χ1n) is 4.72. The third kappa shape index (κ3) is 2.51. The van der Waals surface area contributed by atoms with Crippen molar-refractivity contribution in [1.29, 1.82) is 0 Å². The number of halogens is 2. The molecule has 0 amide bonds. The number of methoxy groups -OCH3 is 1. The van der Waals surface area contributed by atoms with E-state index in [0.29, 0.717) is 0 Å². The van der Waals surface area contributed by atoms with Crippen molar-refractivity contribution in [1.82, 2.24) is 0 Å². The van der Waals surface area contributed by atoms with E-state index in [9.17, 15) is 0 Å². The van der Waals surface area contributed by atoms with E-state index in [2.05, 4.69) is 0 Å². The Bertz CT molecular complexity index is 464. The quantitative estimate of drug-likeness (QED) is 0.734. The van der Waals surface area contributed by atoms with Crippen LogP contribution in [-0.4, -0.2) is 7.11 Å². The molecule has 1 unspecified atom stereocenters. The number of alkyl halides is 1. The first-order valence-corrected chi connectivity index (χ1v) is 6.42. The van der Waals surface area contributed by atoms with Crippen molar-refractivity contribution in [3.8, 4) is 5.75 Å². The highest BCUT2D eigenvalue weighted by atomic mass is 35.5. The molecule has 0 radical (unpaired) electrons. The Labute approximate surface area is 109 Å². The van der Waals surface area contributed by atoms with Crippen LogP contribution in [-0.2, 0) is 0 Å². The van der Waals surface area contributed by atoms with E-state index in [4.69, 9.17) is 27.9 Å². The van der Waals surface area contributed by atoms with Gasteiger partial charge < -0.3 is 4.74 Å². The van der Waals surface area contributed by atoms with E-state index in [-0.39, 0.29) is 5.38 Å². The van der Waals surface area contributed by atoms with Crippen molar-refractivity contribution < 1.29 is 4.74 Å². The molecule has 0 bridgehead atoms. The van der Waals surface area contributed by atoms with Crippen molar-refractivity contribution in [3.05, 3.63) is 51.2 Å². The summed E-state index contributed by atoms with van der Waals surface area (Å²) >= 11 is 13.8. The zero-order valence-corrected chi connectivity index (χ0v) is 10.9. The maximum Gasteiger partial charge on any atom is 0.129 e. The molecule has 1 atom stereocenters. The second kappa shape index (κ2) is 5.09. The first kappa shape index (κ1) is 11.8. The minimum atomic E-state index is -0.147. The van der Waals surface area contributed by atoms with E-state index in [1.807, 2.05) is 35.7 Å². The minimum absolute atomic E-state index is 0.147. The summed E-state index contributed by atoms with van der Waals surface area (Å²) in [4.78, 5) is 1.07. The van der Waals surface area contributed by atoms with Crippen LogP contribution in [0.2, 0.25) is 5.02 Å². The molecular formula is C12H10Cl2OS. The van der Waals surface area contributed by atoms with E-state index in [0.717, 1.165) is 21.2 Å². The maximum absolute atomic E-state index is 6.37. The van der Waals surface area contributed by atoms with E-state index < -0.39 is 0 Å². The third-order valence-electron chi connectivity index (χ3n) is 2.24.